The Morgan fingerprint density at radius 2 is 2.00 bits per heavy atom. The number of methoxy groups -OCH3 is 1. The van der Waals surface area contributed by atoms with E-state index < -0.39 is 0 Å². The van der Waals surface area contributed by atoms with Crippen molar-refractivity contribution in [1.82, 2.24) is 9.97 Å². The van der Waals surface area contributed by atoms with Crippen LogP contribution in [0, 0.1) is 6.92 Å². The Hall–Kier alpha value is -2.10. The summed E-state index contributed by atoms with van der Waals surface area (Å²) in [6.07, 6.45) is 1.77. The lowest BCUT2D eigenvalue weighted by molar-refractivity contribution is 0.409. The number of benzene rings is 1. The zero-order valence-electron chi connectivity index (χ0n) is 10.9. The van der Waals surface area contributed by atoms with Crippen molar-refractivity contribution in [3.05, 3.63) is 47.9 Å². The van der Waals surface area contributed by atoms with Crippen molar-refractivity contribution in [1.29, 1.82) is 0 Å². The van der Waals surface area contributed by atoms with E-state index in [9.17, 15) is 0 Å². The fourth-order valence-corrected chi connectivity index (χ4v) is 1.83. The SMILES string of the molecule is COc1ccccc1CN(C)c1ccnc(C)n1. The van der Waals surface area contributed by atoms with Crippen LogP contribution in [0.3, 0.4) is 0 Å². The minimum absolute atomic E-state index is 0.750. The highest BCUT2D eigenvalue weighted by Crippen LogP contribution is 2.20. The Bertz CT molecular complexity index is 528. The normalized spacial score (nSPS) is 10.2. The molecular formula is C14H17N3O. The molecule has 0 unspecified atom stereocenters. The third-order valence-electron chi connectivity index (χ3n) is 2.75. The second-order valence-electron chi connectivity index (χ2n) is 4.13. The van der Waals surface area contributed by atoms with E-state index >= 15 is 0 Å². The minimum atomic E-state index is 0.750. The van der Waals surface area contributed by atoms with E-state index in [1.54, 1.807) is 13.3 Å². The molecule has 94 valence electrons. The molecule has 0 saturated carbocycles. The molecule has 0 aliphatic rings. The van der Waals surface area contributed by atoms with Gasteiger partial charge in [0.15, 0.2) is 0 Å². The van der Waals surface area contributed by atoms with Gasteiger partial charge in [0.1, 0.15) is 17.4 Å². The third-order valence-corrected chi connectivity index (χ3v) is 2.75. The fraction of sp³-hybridized carbons (Fsp3) is 0.286. The van der Waals surface area contributed by atoms with Gasteiger partial charge in [-0.05, 0) is 19.1 Å². The van der Waals surface area contributed by atoms with Gasteiger partial charge in [0.25, 0.3) is 0 Å². The van der Waals surface area contributed by atoms with Gasteiger partial charge in [-0.3, -0.25) is 0 Å². The van der Waals surface area contributed by atoms with E-state index in [1.165, 1.54) is 0 Å². The van der Waals surface area contributed by atoms with E-state index in [0.717, 1.165) is 29.5 Å². The maximum absolute atomic E-state index is 5.35. The monoisotopic (exact) mass is 243 g/mol. The molecule has 1 aromatic carbocycles. The standard InChI is InChI=1S/C14H17N3O/c1-11-15-9-8-14(16-11)17(2)10-12-6-4-5-7-13(12)18-3/h4-9H,10H2,1-3H3. The van der Waals surface area contributed by atoms with Crippen LogP contribution in [0.25, 0.3) is 0 Å². The van der Waals surface area contributed by atoms with Gasteiger partial charge < -0.3 is 9.64 Å². The van der Waals surface area contributed by atoms with Crippen molar-refractivity contribution in [2.24, 2.45) is 0 Å². The van der Waals surface area contributed by atoms with Crippen LogP contribution in [0.5, 0.6) is 5.75 Å². The number of aryl methyl sites for hydroxylation is 1. The molecule has 2 aromatic rings. The van der Waals surface area contributed by atoms with Crippen LogP contribution in [-0.2, 0) is 6.54 Å². The number of hydrogen-bond acceptors (Lipinski definition) is 4. The number of aromatic nitrogens is 2. The topological polar surface area (TPSA) is 38.2 Å². The van der Waals surface area contributed by atoms with Gasteiger partial charge in [-0.1, -0.05) is 18.2 Å². The molecular weight excluding hydrogens is 226 g/mol. The zero-order chi connectivity index (χ0) is 13.0. The molecule has 0 N–H and O–H groups in total. The van der Waals surface area contributed by atoms with Crippen LogP contribution in [0.15, 0.2) is 36.5 Å². The first kappa shape index (κ1) is 12.4. The Morgan fingerprint density at radius 3 is 2.72 bits per heavy atom. The largest absolute Gasteiger partial charge is 0.496 e. The van der Waals surface area contributed by atoms with Gasteiger partial charge in [-0.25, -0.2) is 9.97 Å². The second-order valence-corrected chi connectivity index (χ2v) is 4.13. The summed E-state index contributed by atoms with van der Waals surface area (Å²) >= 11 is 0. The van der Waals surface area contributed by atoms with Crippen molar-refractivity contribution in [2.45, 2.75) is 13.5 Å². The quantitative estimate of drug-likeness (QED) is 0.826. The summed E-state index contributed by atoms with van der Waals surface area (Å²) in [7, 11) is 3.70. The number of rotatable bonds is 4. The van der Waals surface area contributed by atoms with Crippen LogP contribution in [-0.4, -0.2) is 24.1 Å². The average molecular weight is 243 g/mol. The molecule has 0 spiro atoms. The van der Waals surface area contributed by atoms with E-state index in [-0.39, 0.29) is 0 Å². The molecule has 0 saturated heterocycles. The van der Waals surface area contributed by atoms with Crippen LogP contribution < -0.4 is 9.64 Å². The van der Waals surface area contributed by atoms with Crippen LogP contribution in [0.2, 0.25) is 0 Å². The first-order valence-electron chi connectivity index (χ1n) is 5.83. The average Bonchev–Trinajstić information content (AvgIpc) is 2.39. The van der Waals surface area contributed by atoms with E-state index in [2.05, 4.69) is 20.9 Å². The predicted molar refractivity (Wildman–Crippen MR) is 71.9 cm³/mol. The van der Waals surface area contributed by atoms with Crippen molar-refractivity contribution in [3.63, 3.8) is 0 Å². The molecule has 4 nitrogen and oxygen atoms in total. The zero-order valence-corrected chi connectivity index (χ0v) is 10.9. The molecule has 2 rings (SSSR count). The van der Waals surface area contributed by atoms with E-state index in [4.69, 9.17) is 4.74 Å². The maximum Gasteiger partial charge on any atom is 0.132 e. The van der Waals surface area contributed by atoms with Crippen LogP contribution >= 0.6 is 0 Å². The Kier molecular flexibility index (Phi) is 3.77. The summed E-state index contributed by atoms with van der Waals surface area (Å²) in [5.41, 5.74) is 1.14. The van der Waals surface area contributed by atoms with Crippen molar-refractivity contribution < 1.29 is 4.74 Å². The van der Waals surface area contributed by atoms with Crippen LogP contribution in [0.1, 0.15) is 11.4 Å². The van der Waals surface area contributed by atoms with Gasteiger partial charge >= 0.3 is 0 Å². The lowest BCUT2D eigenvalue weighted by atomic mass is 10.2. The molecule has 0 aliphatic heterocycles. The third kappa shape index (κ3) is 2.77. The number of hydrogen-bond donors (Lipinski definition) is 0. The first-order chi connectivity index (χ1) is 8.70. The Labute approximate surface area is 107 Å². The van der Waals surface area contributed by atoms with Crippen molar-refractivity contribution >= 4 is 5.82 Å². The highest BCUT2D eigenvalue weighted by Gasteiger charge is 2.07. The Balaban J connectivity index is 2.18. The van der Waals surface area contributed by atoms with Crippen molar-refractivity contribution in [2.75, 3.05) is 19.1 Å². The maximum atomic E-state index is 5.35. The van der Waals surface area contributed by atoms with Gasteiger partial charge in [0, 0.05) is 25.4 Å². The first-order valence-corrected chi connectivity index (χ1v) is 5.83. The molecule has 0 fully saturated rings. The second kappa shape index (κ2) is 5.49. The van der Waals surface area contributed by atoms with Crippen molar-refractivity contribution in [3.8, 4) is 5.75 Å². The van der Waals surface area contributed by atoms with Crippen LogP contribution in [0.4, 0.5) is 5.82 Å². The molecule has 0 bridgehead atoms. The molecule has 0 atom stereocenters. The summed E-state index contributed by atoms with van der Waals surface area (Å²) in [5, 5.41) is 0. The lowest BCUT2D eigenvalue weighted by Gasteiger charge is -2.19. The highest BCUT2D eigenvalue weighted by molar-refractivity contribution is 5.41. The molecule has 0 amide bonds. The van der Waals surface area contributed by atoms with Gasteiger partial charge in [-0.15, -0.1) is 0 Å². The smallest absolute Gasteiger partial charge is 0.132 e. The minimum Gasteiger partial charge on any atom is -0.496 e. The summed E-state index contributed by atoms with van der Waals surface area (Å²) in [4.78, 5) is 10.6. The molecule has 18 heavy (non-hydrogen) atoms. The van der Waals surface area contributed by atoms with E-state index in [1.807, 2.05) is 38.2 Å². The number of anilines is 1. The predicted octanol–water partition coefficient (Wildman–Crippen LogP) is 2.43. The number of nitrogens with zero attached hydrogens (tertiary/aromatic N) is 3. The van der Waals surface area contributed by atoms with E-state index in [0.29, 0.717) is 0 Å². The number of ether oxygens (including phenoxy) is 1. The summed E-state index contributed by atoms with van der Waals surface area (Å²) < 4.78 is 5.35. The fourth-order valence-electron chi connectivity index (χ4n) is 1.83. The van der Waals surface area contributed by atoms with Gasteiger partial charge in [0.05, 0.1) is 7.11 Å². The molecule has 0 radical (unpaired) electrons. The molecule has 1 aromatic heterocycles. The van der Waals surface area contributed by atoms with Gasteiger partial charge in [0.2, 0.25) is 0 Å². The Morgan fingerprint density at radius 1 is 1.22 bits per heavy atom. The number of para-hydroxylation sites is 1. The highest BCUT2D eigenvalue weighted by atomic mass is 16.5. The molecule has 4 heteroatoms. The molecule has 0 aliphatic carbocycles. The lowest BCUT2D eigenvalue weighted by Crippen LogP contribution is -2.18. The summed E-state index contributed by atoms with van der Waals surface area (Å²) in [6.45, 7) is 2.64. The molecule has 1 heterocycles. The summed E-state index contributed by atoms with van der Waals surface area (Å²) in [6, 6.07) is 9.91. The summed E-state index contributed by atoms with van der Waals surface area (Å²) in [5.74, 6) is 2.59. The van der Waals surface area contributed by atoms with Gasteiger partial charge in [-0.2, -0.15) is 0 Å².